The number of hydrogen-bond acceptors (Lipinski definition) is 5. The number of methoxy groups -OCH3 is 1. The van der Waals surface area contributed by atoms with Crippen LogP contribution in [0.4, 0.5) is 5.69 Å². The second-order valence-electron chi connectivity index (χ2n) is 4.70. The molecule has 0 bridgehead atoms. The summed E-state index contributed by atoms with van der Waals surface area (Å²) in [5.74, 6) is -0.305. The molecule has 1 atom stereocenters. The van der Waals surface area contributed by atoms with Crippen LogP contribution in [0, 0.1) is 0 Å². The van der Waals surface area contributed by atoms with Crippen molar-refractivity contribution >= 4 is 11.7 Å². The van der Waals surface area contributed by atoms with Gasteiger partial charge in [-0.25, -0.2) is 4.79 Å². The minimum atomic E-state index is -1.09. The van der Waals surface area contributed by atoms with E-state index in [1.807, 2.05) is 0 Å². The number of carbonyl (C=O) groups is 1. The number of aromatic carboxylic acids is 1. The number of carboxylic acids is 1. The van der Waals surface area contributed by atoms with Crippen molar-refractivity contribution in [2.24, 2.45) is 0 Å². The van der Waals surface area contributed by atoms with Gasteiger partial charge >= 0.3 is 5.97 Å². The predicted octanol–water partition coefficient (Wildman–Crippen LogP) is 1.92. The lowest BCUT2D eigenvalue weighted by atomic mass is 10.1. The largest absolute Gasteiger partial charge is 0.493 e. The van der Waals surface area contributed by atoms with Crippen LogP contribution in [-0.2, 0) is 4.74 Å². The Morgan fingerprint density at radius 3 is 2.85 bits per heavy atom. The molecule has 0 spiro atoms. The molecule has 3 N–H and O–H groups in total. The predicted molar refractivity (Wildman–Crippen MR) is 73.5 cm³/mol. The SMILES string of the molecule is COc1cc(N)c(C(=O)O)cc1OCC1CCCCO1. The topological polar surface area (TPSA) is 91.0 Å². The number of ether oxygens (including phenoxy) is 3. The van der Waals surface area contributed by atoms with E-state index in [0.29, 0.717) is 18.1 Å². The molecule has 1 aliphatic rings. The molecule has 1 aliphatic heterocycles. The quantitative estimate of drug-likeness (QED) is 0.801. The van der Waals surface area contributed by atoms with Crippen LogP contribution in [0.5, 0.6) is 11.5 Å². The minimum Gasteiger partial charge on any atom is -0.493 e. The Bertz CT molecular complexity index is 483. The zero-order valence-electron chi connectivity index (χ0n) is 11.4. The first kappa shape index (κ1) is 14.5. The van der Waals surface area contributed by atoms with Crippen LogP contribution in [0.1, 0.15) is 29.6 Å². The van der Waals surface area contributed by atoms with Crippen LogP contribution in [-0.4, -0.2) is 37.5 Å². The first-order chi connectivity index (χ1) is 9.61. The van der Waals surface area contributed by atoms with Crippen molar-refractivity contribution in [1.29, 1.82) is 0 Å². The van der Waals surface area contributed by atoms with Crippen molar-refractivity contribution in [2.75, 3.05) is 26.1 Å². The van der Waals surface area contributed by atoms with Crippen molar-refractivity contribution in [3.8, 4) is 11.5 Å². The van der Waals surface area contributed by atoms with Gasteiger partial charge in [0.1, 0.15) is 6.61 Å². The molecular weight excluding hydrogens is 262 g/mol. The Balaban J connectivity index is 2.12. The lowest BCUT2D eigenvalue weighted by Gasteiger charge is -2.23. The highest BCUT2D eigenvalue weighted by Crippen LogP contribution is 2.32. The van der Waals surface area contributed by atoms with Crippen LogP contribution >= 0.6 is 0 Å². The first-order valence-corrected chi connectivity index (χ1v) is 6.57. The summed E-state index contributed by atoms with van der Waals surface area (Å²) in [4.78, 5) is 11.1. The minimum absolute atomic E-state index is 0.00497. The van der Waals surface area contributed by atoms with Crippen molar-refractivity contribution < 1.29 is 24.1 Å². The Morgan fingerprint density at radius 2 is 2.25 bits per heavy atom. The molecule has 1 aromatic carbocycles. The molecule has 1 fully saturated rings. The molecule has 0 aliphatic carbocycles. The van der Waals surface area contributed by atoms with Crippen molar-refractivity contribution in [1.82, 2.24) is 0 Å². The summed E-state index contributed by atoms with van der Waals surface area (Å²) < 4.78 is 16.4. The summed E-state index contributed by atoms with van der Waals surface area (Å²) >= 11 is 0. The van der Waals surface area contributed by atoms with Gasteiger partial charge in [-0.15, -0.1) is 0 Å². The molecule has 0 radical (unpaired) electrons. The third-order valence-electron chi connectivity index (χ3n) is 3.26. The normalized spacial score (nSPS) is 18.6. The molecule has 0 saturated carbocycles. The lowest BCUT2D eigenvalue weighted by Crippen LogP contribution is -2.26. The van der Waals surface area contributed by atoms with E-state index in [4.69, 9.17) is 25.1 Å². The molecule has 0 amide bonds. The molecule has 1 aromatic rings. The Labute approximate surface area is 117 Å². The highest BCUT2D eigenvalue weighted by atomic mass is 16.5. The molecule has 20 heavy (non-hydrogen) atoms. The first-order valence-electron chi connectivity index (χ1n) is 6.57. The standard InChI is InChI=1S/C14H19NO5/c1-18-12-7-11(15)10(14(16)17)6-13(12)20-8-9-4-2-3-5-19-9/h6-7,9H,2-5,8,15H2,1H3,(H,16,17). The smallest absolute Gasteiger partial charge is 0.337 e. The molecule has 1 unspecified atom stereocenters. The summed E-state index contributed by atoms with van der Waals surface area (Å²) in [5, 5.41) is 9.07. The zero-order chi connectivity index (χ0) is 14.5. The molecule has 2 rings (SSSR count). The highest BCUT2D eigenvalue weighted by Gasteiger charge is 2.18. The number of carboxylic acid groups (broad SMARTS) is 1. The van der Waals surface area contributed by atoms with Crippen molar-refractivity contribution in [3.63, 3.8) is 0 Å². The van der Waals surface area contributed by atoms with Gasteiger partial charge in [0, 0.05) is 18.7 Å². The van der Waals surface area contributed by atoms with Gasteiger partial charge in [-0.3, -0.25) is 0 Å². The number of anilines is 1. The van der Waals surface area contributed by atoms with E-state index in [1.165, 1.54) is 19.2 Å². The number of rotatable bonds is 5. The molecular formula is C14H19NO5. The Morgan fingerprint density at radius 1 is 1.45 bits per heavy atom. The second-order valence-corrected chi connectivity index (χ2v) is 4.70. The second kappa shape index (κ2) is 6.47. The van der Waals surface area contributed by atoms with Crippen LogP contribution in [0.3, 0.4) is 0 Å². The summed E-state index contributed by atoms with van der Waals surface area (Å²) in [6, 6.07) is 2.85. The Kier molecular flexibility index (Phi) is 4.68. The van der Waals surface area contributed by atoms with Gasteiger partial charge in [0.25, 0.3) is 0 Å². The van der Waals surface area contributed by atoms with E-state index in [1.54, 1.807) is 0 Å². The fourth-order valence-corrected chi connectivity index (χ4v) is 2.15. The zero-order valence-corrected chi connectivity index (χ0v) is 11.4. The van der Waals surface area contributed by atoms with E-state index in [-0.39, 0.29) is 17.4 Å². The monoisotopic (exact) mass is 281 g/mol. The molecule has 110 valence electrons. The van der Waals surface area contributed by atoms with E-state index in [2.05, 4.69) is 0 Å². The van der Waals surface area contributed by atoms with Gasteiger partial charge in [-0.2, -0.15) is 0 Å². The summed E-state index contributed by atoms with van der Waals surface area (Å²) in [6.07, 6.45) is 3.18. The van der Waals surface area contributed by atoms with E-state index < -0.39 is 5.97 Å². The number of hydrogen-bond donors (Lipinski definition) is 2. The van der Waals surface area contributed by atoms with Crippen LogP contribution in [0.15, 0.2) is 12.1 Å². The summed E-state index contributed by atoms with van der Waals surface area (Å²) in [5.41, 5.74) is 5.82. The van der Waals surface area contributed by atoms with Gasteiger partial charge in [-0.05, 0) is 19.3 Å². The van der Waals surface area contributed by atoms with Crippen LogP contribution in [0.2, 0.25) is 0 Å². The van der Waals surface area contributed by atoms with Gasteiger partial charge in [-0.1, -0.05) is 0 Å². The molecule has 6 nitrogen and oxygen atoms in total. The maximum Gasteiger partial charge on any atom is 0.337 e. The average Bonchev–Trinajstić information content (AvgIpc) is 2.46. The molecule has 6 heteroatoms. The van der Waals surface area contributed by atoms with Crippen LogP contribution in [0.25, 0.3) is 0 Å². The maximum atomic E-state index is 11.1. The van der Waals surface area contributed by atoms with Gasteiger partial charge < -0.3 is 25.1 Å². The molecule has 0 aromatic heterocycles. The van der Waals surface area contributed by atoms with E-state index in [0.717, 1.165) is 25.9 Å². The summed E-state index contributed by atoms with van der Waals surface area (Å²) in [6.45, 7) is 1.12. The fourth-order valence-electron chi connectivity index (χ4n) is 2.15. The number of nitrogen functional groups attached to an aromatic ring is 1. The van der Waals surface area contributed by atoms with Gasteiger partial charge in [0.05, 0.1) is 24.5 Å². The summed E-state index contributed by atoms with van der Waals surface area (Å²) in [7, 11) is 1.49. The van der Waals surface area contributed by atoms with Crippen molar-refractivity contribution in [2.45, 2.75) is 25.4 Å². The lowest BCUT2D eigenvalue weighted by molar-refractivity contribution is -0.0114. The molecule has 1 heterocycles. The third-order valence-corrected chi connectivity index (χ3v) is 3.26. The fraction of sp³-hybridized carbons (Fsp3) is 0.500. The van der Waals surface area contributed by atoms with Gasteiger partial charge in [0.2, 0.25) is 0 Å². The number of nitrogens with two attached hydrogens (primary N) is 1. The Hall–Kier alpha value is -1.95. The van der Waals surface area contributed by atoms with Crippen LogP contribution < -0.4 is 15.2 Å². The average molecular weight is 281 g/mol. The number of benzene rings is 1. The highest BCUT2D eigenvalue weighted by molar-refractivity contribution is 5.94. The molecule has 1 saturated heterocycles. The van der Waals surface area contributed by atoms with E-state index >= 15 is 0 Å². The van der Waals surface area contributed by atoms with Gasteiger partial charge in [0.15, 0.2) is 11.5 Å². The van der Waals surface area contributed by atoms with E-state index in [9.17, 15) is 4.79 Å². The third kappa shape index (κ3) is 3.33. The maximum absolute atomic E-state index is 11.1. The van der Waals surface area contributed by atoms with Crippen molar-refractivity contribution in [3.05, 3.63) is 17.7 Å².